The van der Waals surface area contributed by atoms with E-state index < -0.39 is 0 Å². The minimum absolute atomic E-state index is 0.156. The van der Waals surface area contributed by atoms with Crippen LogP contribution in [0.2, 0.25) is 0 Å². The normalized spacial score (nSPS) is 25.7. The van der Waals surface area contributed by atoms with Crippen LogP contribution in [0.5, 0.6) is 11.5 Å². The molecule has 0 radical (unpaired) electrons. The van der Waals surface area contributed by atoms with Crippen LogP contribution in [0, 0.1) is 0 Å². The van der Waals surface area contributed by atoms with E-state index in [4.69, 9.17) is 9.47 Å². The lowest BCUT2D eigenvalue weighted by molar-refractivity contribution is 0.0734. The van der Waals surface area contributed by atoms with Gasteiger partial charge in [0, 0.05) is 17.6 Å². The van der Waals surface area contributed by atoms with Gasteiger partial charge in [-0.05, 0) is 44.9 Å². The van der Waals surface area contributed by atoms with E-state index in [1.54, 1.807) is 6.07 Å². The van der Waals surface area contributed by atoms with Crippen molar-refractivity contribution in [2.75, 3.05) is 13.3 Å². The predicted octanol–water partition coefficient (Wildman–Crippen LogP) is 2.86. The average molecular weight is 275 g/mol. The number of ether oxygens (including phenoxy) is 2. The summed E-state index contributed by atoms with van der Waals surface area (Å²) >= 11 is 0. The molecule has 0 unspecified atom stereocenters. The van der Waals surface area contributed by atoms with E-state index in [1.807, 2.05) is 12.1 Å². The number of hydrogen-bond donors (Lipinski definition) is 0. The standard InChI is InChI=1S/C16H21NO3/c1-11-4-3-5-12(2)17(11)9-14(18)13-6-7-15-16(8-13)20-10-19-15/h6-8,11-12H,3-5,9-10H2,1-2H3/t11-,12+. The summed E-state index contributed by atoms with van der Waals surface area (Å²) in [7, 11) is 0. The van der Waals surface area contributed by atoms with Crippen LogP contribution in [-0.4, -0.2) is 36.1 Å². The third kappa shape index (κ3) is 2.52. The Morgan fingerprint density at radius 3 is 2.65 bits per heavy atom. The molecule has 1 saturated heterocycles. The highest BCUT2D eigenvalue weighted by atomic mass is 16.7. The van der Waals surface area contributed by atoms with E-state index in [1.165, 1.54) is 19.3 Å². The summed E-state index contributed by atoms with van der Waals surface area (Å²) in [6.07, 6.45) is 3.62. The third-order valence-electron chi connectivity index (χ3n) is 4.40. The third-order valence-corrected chi connectivity index (χ3v) is 4.40. The van der Waals surface area contributed by atoms with Crippen LogP contribution < -0.4 is 9.47 Å². The highest BCUT2D eigenvalue weighted by Crippen LogP contribution is 2.33. The highest BCUT2D eigenvalue weighted by Gasteiger charge is 2.27. The van der Waals surface area contributed by atoms with Gasteiger partial charge in [0.25, 0.3) is 0 Å². The Morgan fingerprint density at radius 2 is 1.90 bits per heavy atom. The minimum Gasteiger partial charge on any atom is -0.454 e. The predicted molar refractivity (Wildman–Crippen MR) is 76.4 cm³/mol. The van der Waals surface area contributed by atoms with Crippen LogP contribution in [0.25, 0.3) is 0 Å². The van der Waals surface area contributed by atoms with Gasteiger partial charge in [-0.3, -0.25) is 9.69 Å². The summed E-state index contributed by atoms with van der Waals surface area (Å²) < 4.78 is 10.6. The zero-order valence-corrected chi connectivity index (χ0v) is 12.1. The largest absolute Gasteiger partial charge is 0.454 e. The Labute approximate surface area is 119 Å². The fraction of sp³-hybridized carbons (Fsp3) is 0.562. The van der Waals surface area contributed by atoms with Gasteiger partial charge < -0.3 is 9.47 Å². The van der Waals surface area contributed by atoms with Gasteiger partial charge in [0.15, 0.2) is 17.3 Å². The van der Waals surface area contributed by atoms with E-state index in [2.05, 4.69) is 18.7 Å². The quantitative estimate of drug-likeness (QED) is 0.795. The van der Waals surface area contributed by atoms with Crippen molar-refractivity contribution in [3.63, 3.8) is 0 Å². The summed E-state index contributed by atoms with van der Waals surface area (Å²) in [4.78, 5) is 14.8. The summed E-state index contributed by atoms with van der Waals surface area (Å²) in [5.41, 5.74) is 0.708. The number of likely N-dealkylation sites (tertiary alicyclic amines) is 1. The van der Waals surface area contributed by atoms with Crippen molar-refractivity contribution in [2.45, 2.75) is 45.2 Å². The van der Waals surface area contributed by atoms with Gasteiger partial charge in [-0.25, -0.2) is 0 Å². The first-order chi connectivity index (χ1) is 9.65. The van der Waals surface area contributed by atoms with Crippen molar-refractivity contribution in [3.05, 3.63) is 23.8 Å². The maximum Gasteiger partial charge on any atom is 0.231 e. The molecule has 0 bridgehead atoms. The molecule has 20 heavy (non-hydrogen) atoms. The zero-order valence-electron chi connectivity index (χ0n) is 12.1. The molecule has 3 rings (SSSR count). The highest BCUT2D eigenvalue weighted by molar-refractivity contribution is 5.98. The molecule has 2 aliphatic rings. The van der Waals surface area contributed by atoms with Crippen LogP contribution in [0.4, 0.5) is 0 Å². The number of hydrogen-bond acceptors (Lipinski definition) is 4. The van der Waals surface area contributed by atoms with E-state index in [0.717, 1.165) is 5.75 Å². The van der Waals surface area contributed by atoms with Gasteiger partial charge in [-0.15, -0.1) is 0 Å². The molecule has 0 aromatic heterocycles. The molecule has 1 aromatic rings. The van der Waals surface area contributed by atoms with Gasteiger partial charge in [-0.1, -0.05) is 6.42 Å². The maximum absolute atomic E-state index is 12.5. The van der Waals surface area contributed by atoms with Gasteiger partial charge in [0.05, 0.1) is 6.54 Å². The van der Waals surface area contributed by atoms with Crippen molar-refractivity contribution in [3.8, 4) is 11.5 Å². The lowest BCUT2D eigenvalue weighted by Gasteiger charge is -2.38. The summed E-state index contributed by atoms with van der Waals surface area (Å²) in [5.74, 6) is 1.56. The second-order valence-electron chi connectivity index (χ2n) is 5.79. The van der Waals surface area contributed by atoms with Crippen molar-refractivity contribution in [1.29, 1.82) is 0 Å². The van der Waals surface area contributed by atoms with Crippen molar-refractivity contribution in [2.24, 2.45) is 0 Å². The first-order valence-corrected chi connectivity index (χ1v) is 7.34. The molecule has 0 aliphatic carbocycles. The first kappa shape index (κ1) is 13.4. The zero-order chi connectivity index (χ0) is 14.1. The molecule has 0 N–H and O–H groups in total. The number of benzene rings is 1. The van der Waals surface area contributed by atoms with E-state index >= 15 is 0 Å². The van der Waals surface area contributed by atoms with Gasteiger partial charge >= 0.3 is 0 Å². The second-order valence-corrected chi connectivity index (χ2v) is 5.79. The van der Waals surface area contributed by atoms with Crippen LogP contribution in [-0.2, 0) is 0 Å². The summed E-state index contributed by atoms with van der Waals surface area (Å²) in [6, 6.07) is 6.41. The molecule has 4 nitrogen and oxygen atoms in total. The number of piperidine rings is 1. The SMILES string of the molecule is C[C@@H]1CCC[C@H](C)N1CC(=O)c1ccc2c(c1)OCO2. The molecular formula is C16H21NO3. The lowest BCUT2D eigenvalue weighted by Crippen LogP contribution is -2.46. The molecule has 1 aromatic carbocycles. The lowest BCUT2D eigenvalue weighted by atomic mass is 9.96. The molecule has 0 spiro atoms. The summed E-state index contributed by atoms with van der Waals surface area (Å²) in [5, 5.41) is 0. The van der Waals surface area contributed by atoms with Crippen LogP contribution >= 0.6 is 0 Å². The van der Waals surface area contributed by atoms with E-state index in [0.29, 0.717) is 29.9 Å². The number of ketones is 1. The van der Waals surface area contributed by atoms with Crippen molar-refractivity contribution >= 4 is 5.78 Å². The first-order valence-electron chi connectivity index (χ1n) is 7.34. The number of carbonyl (C=O) groups excluding carboxylic acids is 1. The Hall–Kier alpha value is -1.55. The maximum atomic E-state index is 12.5. The van der Waals surface area contributed by atoms with Crippen LogP contribution in [0.1, 0.15) is 43.5 Å². The molecule has 4 heteroatoms. The number of carbonyl (C=O) groups is 1. The minimum atomic E-state index is 0.156. The molecule has 2 aliphatic heterocycles. The van der Waals surface area contributed by atoms with Crippen LogP contribution in [0.15, 0.2) is 18.2 Å². The fourth-order valence-corrected chi connectivity index (χ4v) is 3.11. The number of rotatable bonds is 3. The molecule has 0 amide bonds. The second kappa shape index (κ2) is 5.44. The number of Topliss-reactive ketones (excluding diaryl/α,β-unsaturated/α-hetero) is 1. The summed E-state index contributed by atoms with van der Waals surface area (Å²) in [6.45, 7) is 5.15. The van der Waals surface area contributed by atoms with Gasteiger partial charge in [0.2, 0.25) is 6.79 Å². The monoisotopic (exact) mass is 275 g/mol. The van der Waals surface area contributed by atoms with Crippen molar-refractivity contribution < 1.29 is 14.3 Å². The smallest absolute Gasteiger partial charge is 0.231 e. The van der Waals surface area contributed by atoms with Gasteiger partial charge in [0.1, 0.15) is 0 Å². The fourth-order valence-electron chi connectivity index (χ4n) is 3.11. The van der Waals surface area contributed by atoms with E-state index in [-0.39, 0.29) is 12.6 Å². The Morgan fingerprint density at radius 1 is 1.20 bits per heavy atom. The molecule has 2 atom stereocenters. The molecule has 1 fully saturated rings. The number of fused-ring (bicyclic) bond motifs is 1. The Bertz CT molecular complexity index is 504. The Balaban J connectivity index is 1.72. The topological polar surface area (TPSA) is 38.8 Å². The van der Waals surface area contributed by atoms with Crippen LogP contribution in [0.3, 0.4) is 0 Å². The van der Waals surface area contributed by atoms with Crippen molar-refractivity contribution in [1.82, 2.24) is 4.90 Å². The molecule has 2 heterocycles. The molecular weight excluding hydrogens is 254 g/mol. The Kier molecular flexibility index (Phi) is 3.66. The average Bonchev–Trinajstić information content (AvgIpc) is 2.90. The molecule has 108 valence electrons. The molecule has 0 saturated carbocycles. The number of nitrogens with zero attached hydrogens (tertiary/aromatic N) is 1. The van der Waals surface area contributed by atoms with Gasteiger partial charge in [-0.2, -0.15) is 0 Å². The van der Waals surface area contributed by atoms with E-state index in [9.17, 15) is 4.79 Å².